The molecule has 2 heterocycles. The zero-order valence-electron chi connectivity index (χ0n) is 21.0. The van der Waals surface area contributed by atoms with Crippen LogP contribution in [-0.4, -0.2) is 56.0 Å². The smallest absolute Gasteiger partial charge is 0.265 e. The number of likely N-dealkylation sites (tertiary alicyclic amines) is 1. The second-order valence-corrected chi connectivity index (χ2v) is 11.1. The Hall–Kier alpha value is -2.29. The van der Waals surface area contributed by atoms with E-state index in [0.29, 0.717) is 17.5 Å². The van der Waals surface area contributed by atoms with E-state index in [9.17, 15) is 9.59 Å². The molecule has 0 aliphatic carbocycles. The maximum atomic E-state index is 13.5. The molecule has 2 aliphatic rings. The first kappa shape index (κ1) is 26.8. The lowest BCUT2D eigenvalue weighted by atomic mass is 10.00. The molecular weight excluding hydrogens is 538 g/mol. The zero-order chi connectivity index (χ0) is 25.5. The van der Waals surface area contributed by atoms with Crippen LogP contribution in [0.15, 0.2) is 56.7 Å². The highest BCUT2D eigenvalue weighted by atomic mass is 79.9. The van der Waals surface area contributed by atoms with Crippen molar-refractivity contribution in [2.45, 2.75) is 50.0 Å². The summed E-state index contributed by atoms with van der Waals surface area (Å²) in [6.07, 6.45) is 7.83. The molecular formula is C28H34BrN3O3S. The van der Waals surface area contributed by atoms with E-state index in [4.69, 9.17) is 4.74 Å². The fourth-order valence-corrected chi connectivity index (χ4v) is 6.49. The van der Waals surface area contributed by atoms with Gasteiger partial charge in [-0.1, -0.05) is 43.3 Å². The second kappa shape index (κ2) is 12.8. The molecule has 1 unspecified atom stereocenters. The van der Waals surface area contributed by atoms with Crippen LogP contribution in [-0.2, 0) is 9.59 Å². The predicted molar refractivity (Wildman–Crippen MR) is 150 cm³/mol. The van der Waals surface area contributed by atoms with Gasteiger partial charge in [-0.2, -0.15) is 0 Å². The quantitative estimate of drug-likeness (QED) is 0.308. The summed E-state index contributed by atoms with van der Waals surface area (Å²) in [5.74, 6) is 0.427. The number of nitrogens with zero attached hydrogens (tertiary/aromatic N) is 2. The number of thioether (sulfide) groups is 1. The minimum Gasteiger partial charge on any atom is -0.496 e. The lowest BCUT2D eigenvalue weighted by Crippen LogP contribution is -2.44. The van der Waals surface area contributed by atoms with E-state index in [1.165, 1.54) is 37.4 Å². The number of anilines is 1. The van der Waals surface area contributed by atoms with Gasteiger partial charge in [0.05, 0.1) is 22.2 Å². The lowest BCUT2D eigenvalue weighted by molar-refractivity contribution is -0.122. The summed E-state index contributed by atoms with van der Waals surface area (Å²) in [6.45, 7) is 5.04. The van der Waals surface area contributed by atoms with Crippen molar-refractivity contribution in [3.8, 4) is 5.75 Å². The molecule has 192 valence electrons. The molecule has 1 N–H and O–H groups in total. The summed E-state index contributed by atoms with van der Waals surface area (Å²) in [6, 6.07) is 14.1. The molecule has 2 amide bonds. The number of ether oxygens (including phenoxy) is 1. The molecule has 1 atom stereocenters. The summed E-state index contributed by atoms with van der Waals surface area (Å²) in [4.78, 5) is 32.0. The van der Waals surface area contributed by atoms with Crippen LogP contribution in [0, 0.1) is 0 Å². The van der Waals surface area contributed by atoms with Gasteiger partial charge >= 0.3 is 0 Å². The number of methoxy groups -OCH3 is 1. The van der Waals surface area contributed by atoms with Gasteiger partial charge in [0.2, 0.25) is 5.91 Å². The first-order chi connectivity index (χ1) is 17.5. The van der Waals surface area contributed by atoms with Crippen LogP contribution >= 0.6 is 27.7 Å². The summed E-state index contributed by atoms with van der Waals surface area (Å²) in [5.41, 5.74) is 1.65. The number of benzene rings is 2. The second-order valence-electron chi connectivity index (χ2n) is 9.16. The number of hydrogen-bond donors (Lipinski definition) is 1. The van der Waals surface area contributed by atoms with Gasteiger partial charge in [-0.05, 0) is 84.1 Å². The standard InChI is InChI=1S/C28H34BrN3O3S/c1-3-21-9-6-7-15-31(21)16-8-14-30-27(33)19-32-23-10-4-5-11-25(23)36-26(28(32)34)18-20-12-13-24(35-2)22(29)17-20/h4-5,10-13,17-18,21H,3,6-9,14-16,19H2,1-2H3,(H,30,33). The third kappa shape index (κ3) is 6.52. The van der Waals surface area contributed by atoms with Crippen LogP contribution in [0.2, 0.25) is 0 Å². The summed E-state index contributed by atoms with van der Waals surface area (Å²) >= 11 is 4.94. The maximum Gasteiger partial charge on any atom is 0.265 e. The summed E-state index contributed by atoms with van der Waals surface area (Å²) in [7, 11) is 1.62. The molecule has 1 fully saturated rings. The topological polar surface area (TPSA) is 61.9 Å². The van der Waals surface area contributed by atoms with Gasteiger partial charge in [0.15, 0.2) is 0 Å². The van der Waals surface area contributed by atoms with E-state index in [0.717, 1.165) is 45.9 Å². The number of halogens is 1. The van der Waals surface area contributed by atoms with Gasteiger partial charge in [0, 0.05) is 24.0 Å². The van der Waals surface area contributed by atoms with Crippen molar-refractivity contribution in [2.24, 2.45) is 0 Å². The number of para-hydroxylation sites is 1. The molecule has 6 nitrogen and oxygen atoms in total. The van der Waals surface area contributed by atoms with Crippen molar-refractivity contribution in [3.63, 3.8) is 0 Å². The largest absolute Gasteiger partial charge is 0.496 e. The normalized spacial score (nSPS) is 19.3. The first-order valence-corrected chi connectivity index (χ1v) is 14.3. The number of fused-ring (bicyclic) bond motifs is 1. The Morgan fingerprint density at radius 3 is 2.86 bits per heavy atom. The Bertz CT molecular complexity index is 1120. The molecule has 0 spiro atoms. The number of amides is 2. The van der Waals surface area contributed by atoms with E-state index in [-0.39, 0.29) is 18.4 Å². The van der Waals surface area contributed by atoms with Crippen LogP contribution in [0.5, 0.6) is 5.75 Å². The average molecular weight is 573 g/mol. The lowest BCUT2D eigenvalue weighted by Gasteiger charge is -2.35. The van der Waals surface area contributed by atoms with Crippen LogP contribution in [0.4, 0.5) is 5.69 Å². The van der Waals surface area contributed by atoms with Gasteiger partial charge < -0.3 is 15.0 Å². The molecule has 2 aliphatic heterocycles. The van der Waals surface area contributed by atoms with Crippen molar-refractivity contribution in [1.29, 1.82) is 0 Å². The van der Waals surface area contributed by atoms with E-state index >= 15 is 0 Å². The fourth-order valence-electron chi connectivity index (χ4n) is 4.87. The van der Waals surface area contributed by atoms with Crippen molar-refractivity contribution >= 4 is 51.3 Å². The Morgan fingerprint density at radius 2 is 2.08 bits per heavy atom. The molecule has 0 radical (unpaired) electrons. The zero-order valence-corrected chi connectivity index (χ0v) is 23.4. The molecule has 1 saturated heterocycles. The van der Waals surface area contributed by atoms with Crippen molar-refractivity contribution < 1.29 is 14.3 Å². The Labute approximate surface area is 226 Å². The molecule has 36 heavy (non-hydrogen) atoms. The van der Waals surface area contributed by atoms with E-state index in [2.05, 4.69) is 33.1 Å². The Morgan fingerprint density at radius 1 is 1.25 bits per heavy atom. The molecule has 0 aromatic heterocycles. The molecule has 2 aromatic rings. The van der Waals surface area contributed by atoms with Crippen LogP contribution < -0.4 is 15.0 Å². The van der Waals surface area contributed by atoms with E-state index in [1.54, 1.807) is 12.0 Å². The first-order valence-electron chi connectivity index (χ1n) is 12.6. The highest BCUT2D eigenvalue weighted by Gasteiger charge is 2.30. The minimum atomic E-state index is -0.167. The van der Waals surface area contributed by atoms with Crippen LogP contribution in [0.3, 0.4) is 0 Å². The SMILES string of the molecule is CCC1CCCCN1CCCNC(=O)CN1C(=O)C(=Cc2ccc(OC)c(Br)c2)Sc2ccccc21. The Kier molecular flexibility index (Phi) is 9.51. The number of nitrogens with one attached hydrogen (secondary N) is 1. The highest BCUT2D eigenvalue weighted by Crippen LogP contribution is 2.42. The number of piperidine rings is 1. The molecule has 4 rings (SSSR count). The highest BCUT2D eigenvalue weighted by molar-refractivity contribution is 9.10. The monoisotopic (exact) mass is 571 g/mol. The molecule has 0 bridgehead atoms. The van der Waals surface area contributed by atoms with Crippen LogP contribution in [0.1, 0.15) is 44.6 Å². The number of hydrogen-bond acceptors (Lipinski definition) is 5. The summed E-state index contributed by atoms with van der Waals surface area (Å²) < 4.78 is 6.13. The maximum absolute atomic E-state index is 13.5. The van der Waals surface area contributed by atoms with Gasteiger partial charge in [-0.25, -0.2) is 0 Å². The number of carbonyl (C=O) groups is 2. The van der Waals surface area contributed by atoms with Crippen LogP contribution in [0.25, 0.3) is 6.08 Å². The van der Waals surface area contributed by atoms with E-state index < -0.39 is 0 Å². The molecule has 8 heteroatoms. The van der Waals surface area contributed by atoms with Crippen molar-refractivity contribution in [3.05, 3.63) is 57.4 Å². The van der Waals surface area contributed by atoms with Gasteiger partial charge in [-0.3, -0.25) is 14.5 Å². The van der Waals surface area contributed by atoms with Gasteiger partial charge in [0.1, 0.15) is 12.3 Å². The third-order valence-corrected chi connectivity index (χ3v) is 8.47. The van der Waals surface area contributed by atoms with Gasteiger partial charge in [0.25, 0.3) is 5.91 Å². The third-order valence-electron chi connectivity index (χ3n) is 6.77. The van der Waals surface area contributed by atoms with E-state index in [1.807, 2.05) is 48.5 Å². The summed E-state index contributed by atoms with van der Waals surface area (Å²) in [5, 5.41) is 3.03. The van der Waals surface area contributed by atoms with Crippen molar-refractivity contribution in [2.75, 3.05) is 38.2 Å². The number of rotatable bonds is 9. The average Bonchev–Trinajstić information content (AvgIpc) is 2.89. The molecule has 0 saturated carbocycles. The van der Waals surface area contributed by atoms with Gasteiger partial charge in [-0.15, -0.1) is 0 Å². The number of carbonyl (C=O) groups excluding carboxylic acids is 2. The predicted octanol–water partition coefficient (Wildman–Crippen LogP) is 5.71. The van der Waals surface area contributed by atoms with Crippen molar-refractivity contribution in [1.82, 2.24) is 10.2 Å². The molecule has 2 aromatic carbocycles. The Balaban J connectivity index is 1.40. The minimum absolute atomic E-state index is 0.00134. The fraction of sp³-hybridized carbons (Fsp3) is 0.429.